The fraction of sp³-hybridized carbons (Fsp3) is 0.238. The molecule has 3 aromatic heterocycles. The second-order valence-corrected chi connectivity index (χ2v) is 7.26. The molecule has 0 amide bonds. The van der Waals surface area contributed by atoms with Gasteiger partial charge in [0.15, 0.2) is 5.65 Å². The molecule has 0 aliphatic carbocycles. The zero-order chi connectivity index (χ0) is 19.3. The normalized spacial score (nSPS) is 14.4. The van der Waals surface area contributed by atoms with Crippen LogP contribution in [-0.2, 0) is 0 Å². The van der Waals surface area contributed by atoms with Crippen LogP contribution in [0.25, 0.3) is 28.2 Å². The molecule has 0 radical (unpaired) electrons. The molecule has 7 nitrogen and oxygen atoms in total. The Labute approximate surface area is 162 Å². The first-order valence-corrected chi connectivity index (χ1v) is 9.29. The number of aryl methyl sites for hydroxylation is 2. The zero-order valence-corrected chi connectivity index (χ0v) is 15.7. The Morgan fingerprint density at radius 3 is 2.54 bits per heavy atom. The van der Waals surface area contributed by atoms with Gasteiger partial charge in [-0.25, -0.2) is 9.97 Å². The molecular formula is C21H20N6O. The van der Waals surface area contributed by atoms with Crippen molar-refractivity contribution in [3.05, 3.63) is 59.8 Å². The minimum Gasteiger partial charge on any atom is -0.507 e. The van der Waals surface area contributed by atoms with Crippen molar-refractivity contribution in [1.29, 1.82) is 0 Å². The van der Waals surface area contributed by atoms with Gasteiger partial charge in [-0.2, -0.15) is 10.2 Å². The van der Waals surface area contributed by atoms with Crippen LogP contribution in [0.15, 0.2) is 42.7 Å². The Bertz CT molecular complexity index is 1180. The van der Waals surface area contributed by atoms with Crippen LogP contribution in [0.2, 0.25) is 0 Å². The fourth-order valence-corrected chi connectivity index (χ4v) is 3.52. The van der Waals surface area contributed by atoms with Gasteiger partial charge in [-0.1, -0.05) is 6.07 Å². The molecule has 1 aliphatic heterocycles. The minimum absolute atomic E-state index is 0.159. The molecule has 5 rings (SSSR count). The Hall–Kier alpha value is -3.32. The third-order valence-corrected chi connectivity index (χ3v) is 5.18. The summed E-state index contributed by atoms with van der Waals surface area (Å²) in [6.45, 7) is 5.79. The van der Waals surface area contributed by atoms with Crippen LogP contribution >= 0.6 is 0 Å². The molecule has 1 fully saturated rings. The number of benzene rings is 1. The Morgan fingerprint density at radius 1 is 1.00 bits per heavy atom. The lowest BCUT2D eigenvalue weighted by Crippen LogP contribution is -2.40. The highest BCUT2D eigenvalue weighted by Crippen LogP contribution is 2.32. The second-order valence-electron chi connectivity index (χ2n) is 7.26. The molecule has 4 aromatic rings. The number of nitrogens with one attached hydrogen (secondary N) is 1. The van der Waals surface area contributed by atoms with E-state index in [-0.39, 0.29) is 5.75 Å². The van der Waals surface area contributed by atoms with Crippen molar-refractivity contribution in [2.75, 3.05) is 13.1 Å². The van der Waals surface area contributed by atoms with Crippen LogP contribution in [0.3, 0.4) is 0 Å². The van der Waals surface area contributed by atoms with E-state index in [2.05, 4.69) is 25.5 Å². The summed E-state index contributed by atoms with van der Waals surface area (Å²) in [7, 11) is 0. The highest BCUT2D eigenvalue weighted by Gasteiger charge is 2.21. The van der Waals surface area contributed by atoms with Crippen molar-refractivity contribution in [1.82, 2.24) is 29.9 Å². The number of aromatic nitrogens is 5. The van der Waals surface area contributed by atoms with Crippen LogP contribution < -0.4 is 5.32 Å². The average Bonchev–Trinajstić information content (AvgIpc) is 3.02. The number of imidazole rings is 1. The Balaban J connectivity index is 1.49. The van der Waals surface area contributed by atoms with Gasteiger partial charge in [0.25, 0.3) is 0 Å². The van der Waals surface area contributed by atoms with Crippen LogP contribution in [0.1, 0.15) is 23.0 Å². The first-order chi connectivity index (χ1) is 13.6. The molecule has 2 N–H and O–H groups in total. The molecule has 1 aliphatic rings. The molecule has 28 heavy (non-hydrogen) atoms. The average molecular weight is 372 g/mol. The van der Waals surface area contributed by atoms with Crippen LogP contribution in [0.4, 0.5) is 0 Å². The number of fused-ring (bicyclic) bond motifs is 1. The van der Waals surface area contributed by atoms with E-state index in [9.17, 15) is 5.11 Å². The lowest BCUT2D eigenvalue weighted by Gasteiger charge is -2.25. The number of rotatable bonds is 3. The summed E-state index contributed by atoms with van der Waals surface area (Å²) in [6, 6.07) is 9.43. The maximum Gasteiger partial charge on any atom is 0.158 e. The number of phenols is 1. The minimum atomic E-state index is 0.159. The maximum absolute atomic E-state index is 10.6. The summed E-state index contributed by atoms with van der Waals surface area (Å²) in [6.07, 6.45) is 3.90. The second kappa shape index (κ2) is 6.38. The van der Waals surface area contributed by atoms with Gasteiger partial charge in [0.2, 0.25) is 0 Å². The first-order valence-electron chi connectivity index (χ1n) is 9.29. The van der Waals surface area contributed by atoms with Gasteiger partial charge >= 0.3 is 0 Å². The predicted molar refractivity (Wildman–Crippen MR) is 106 cm³/mol. The largest absolute Gasteiger partial charge is 0.507 e. The number of hydrogen-bond donors (Lipinski definition) is 2. The van der Waals surface area contributed by atoms with Gasteiger partial charge in [-0.3, -0.25) is 0 Å². The van der Waals surface area contributed by atoms with Crippen molar-refractivity contribution in [2.45, 2.75) is 19.8 Å². The summed E-state index contributed by atoms with van der Waals surface area (Å²) in [5.74, 6) is 0.597. The fourth-order valence-electron chi connectivity index (χ4n) is 3.52. The van der Waals surface area contributed by atoms with Gasteiger partial charge in [-0.05, 0) is 38.1 Å². The van der Waals surface area contributed by atoms with Crippen LogP contribution in [-0.4, -0.2) is 42.8 Å². The molecule has 4 heterocycles. The molecule has 0 atom stereocenters. The van der Waals surface area contributed by atoms with E-state index in [1.54, 1.807) is 6.07 Å². The Morgan fingerprint density at radius 2 is 1.86 bits per heavy atom. The highest BCUT2D eigenvalue weighted by molar-refractivity contribution is 5.73. The van der Waals surface area contributed by atoms with E-state index in [0.717, 1.165) is 47.1 Å². The van der Waals surface area contributed by atoms with Crippen LogP contribution in [0.5, 0.6) is 5.75 Å². The summed E-state index contributed by atoms with van der Waals surface area (Å²) in [5.41, 5.74) is 6.56. The van der Waals surface area contributed by atoms with E-state index in [1.165, 1.54) is 0 Å². The topological polar surface area (TPSA) is 88.2 Å². The lowest BCUT2D eigenvalue weighted by molar-refractivity contribution is 0.436. The molecule has 0 saturated carbocycles. The maximum atomic E-state index is 10.6. The smallest absolute Gasteiger partial charge is 0.158 e. The number of aromatic hydroxyl groups is 1. The highest BCUT2D eigenvalue weighted by atomic mass is 16.3. The van der Waals surface area contributed by atoms with E-state index in [1.807, 2.05) is 54.9 Å². The van der Waals surface area contributed by atoms with Gasteiger partial charge in [-0.15, -0.1) is 0 Å². The lowest BCUT2D eigenvalue weighted by atomic mass is 9.98. The molecule has 140 valence electrons. The summed E-state index contributed by atoms with van der Waals surface area (Å²) >= 11 is 0. The van der Waals surface area contributed by atoms with Crippen molar-refractivity contribution in [3.63, 3.8) is 0 Å². The summed E-state index contributed by atoms with van der Waals surface area (Å²) in [5, 5.41) is 22.5. The van der Waals surface area contributed by atoms with Gasteiger partial charge in [0.05, 0.1) is 28.5 Å². The van der Waals surface area contributed by atoms with Gasteiger partial charge < -0.3 is 14.8 Å². The summed E-state index contributed by atoms with van der Waals surface area (Å²) < 4.78 is 1.97. The number of phenolic OH excluding ortho intramolecular Hbond substituents is 1. The monoisotopic (exact) mass is 372 g/mol. The first kappa shape index (κ1) is 16.8. The zero-order valence-electron chi connectivity index (χ0n) is 15.7. The van der Waals surface area contributed by atoms with Crippen molar-refractivity contribution < 1.29 is 5.11 Å². The number of nitrogens with zero attached hydrogens (tertiary/aromatic N) is 5. The van der Waals surface area contributed by atoms with E-state index in [0.29, 0.717) is 17.2 Å². The quantitative estimate of drug-likeness (QED) is 0.575. The predicted octanol–water partition coefficient (Wildman–Crippen LogP) is 2.86. The molecule has 1 saturated heterocycles. The summed E-state index contributed by atoms with van der Waals surface area (Å²) in [4.78, 5) is 9.13. The van der Waals surface area contributed by atoms with Gasteiger partial charge in [0.1, 0.15) is 5.75 Å². The van der Waals surface area contributed by atoms with E-state index < -0.39 is 0 Å². The van der Waals surface area contributed by atoms with Crippen molar-refractivity contribution in [2.24, 2.45) is 0 Å². The molecule has 1 aromatic carbocycles. The van der Waals surface area contributed by atoms with E-state index >= 15 is 0 Å². The SMILES string of the molecule is Cc1cn2cc(-c3ccc(-c4ccc(C5CNC5)nn4)c(O)c3)nc(C)c2n1. The van der Waals surface area contributed by atoms with Crippen molar-refractivity contribution in [3.8, 4) is 28.3 Å². The number of hydrogen-bond acceptors (Lipinski definition) is 6. The molecular weight excluding hydrogens is 352 g/mol. The third-order valence-electron chi connectivity index (χ3n) is 5.18. The van der Waals surface area contributed by atoms with Crippen LogP contribution in [0, 0.1) is 13.8 Å². The molecule has 0 spiro atoms. The van der Waals surface area contributed by atoms with E-state index in [4.69, 9.17) is 0 Å². The molecule has 0 bridgehead atoms. The molecule has 0 unspecified atom stereocenters. The molecule has 7 heteroatoms. The Kier molecular flexibility index (Phi) is 3.84. The third kappa shape index (κ3) is 2.80. The van der Waals surface area contributed by atoms with Gasteiger partial charge in [0, 0.05) is 42.5 Å². The van der Waals surface area contributed by atoms with Crippen molar-refractivity contribution >= 4 is 5.65 Å². The standard InChI is InChI=1S/C21H20N6O/c1-12-10-27-11-19(24-13(2)21(27)23-12)14-3-4-16(20(28)7-14)18-6-5-17(25-26-18)15-8-22-9-15/h3-7,10-11,15,22,28H,8-9H2,1-2H3.